The van der Waals surface area contributed by atoms with Gasteiger partial charge in [0.25, 0.3) is 5.91 Å². The molecule has 4 aromatic rings. The summed E-state index contributed by atoms with van der Waals surface area (Å²) in [6.07, 6.45) is 2.81. The fourth-order valence-electron chi connectivity index (χ4n) is 4.26. The number of anilines is 1. The molecule has 2 N–H and O–H groups in total. The van der Waals surface area contributed by atoms with Crippen molar-refractivity contribution in [2.24, 2.45) is 0 Å². The fourth-order valence-corrected chi connectivity index (χ4v) is 5.52. The molecule has 4 aromatic carbocycles. The molecule has 0 aromatic heterocycles. The average Bonchev–Trinajstić information content (AvgIpc) is 3.26. The van der Waals surface area contributed by atoms with E-state index < -0.39 is 0 Å². The van der Waals surface area contributed by atoms with E-state index in [1.807, 2.05) is 49.4 Å². The maximum atomic E-state index is 12.7. The summed E-state index contributed by atoms with van der Waals surface area (Å²) in [5.74, 6) is 0.896. The Labute approximate surface area is 232 Å². The molecule has 0 spiro atoms. The standard InChI is InChI=1S/C31H29ClN2O3S/c1-3-20-10-13-25(14-11-20)33-31-34-30(35)28(38-31)18-22-16-26(32)29(27(17-22)36-4-2)37-19-21-9-12-23-7-5-6-8-24(23)15-21/h5-18,31,33H,3-4,19H2,1-2H3,(H,34,35)/b28-18-/t31-/m1/s1. The van der Waals surface area contributed by atoms with E-state index in [-0.39, 0.29) is 11.4 Å². The zero-order valence-corrected chi connectivity index (χ0v) is 22.9. The number of ether oxygens (including phenoxy) is 2. The number of amides is 1. The number of benzene rings is 4. The number of hydrogen-bond acceptors (Lipinski definition) is 5. The number of fused-ring (bicyclic) bond motifs is 1. The van der Waals surface area contributed by atoms with Gasteiger partial charge in [0.2, 0.25) is 0 Å². The number of carbonyl (C=O) groups is 1. The van der Waals surface area contributed by atoms with Crippen molar-refractivity contribution in [3.05, 3.63) is 105 Å². The highest BCUT2D eigenvalue weighted by Gasteiger charge is 2.27. The van der Waals surface area contributed by atoms with Crippen molar-refractivity contribution in [3.63, 3.8) is 0 Å². The van der Waals surface area contributed by atoms with Crippen LogP contribution in [0.3, 0.4) is 0 Å². The fraction of sp³-hybridized carbons (Fsp3) is 0.194. The highest BCUT2D eigenvalue weighted by molar-refractivity contribution is 8.05. The third-order valence-electron chi connectivity index (χ3n) is 6.22. The molecule has 1 saturated heterocycles. The minimum atomic E-state index is -0.257. The normalized spacial score (nSPS) is 16.0. The third-order valence-corrected chi connectivity index (χ3v) is 7.53. The Kier molecular flexibility index (Phi) is 8.11. The van der Waals surface area contributed by atoms with Crippen LogP contribution >= 0.6 is 23.4 Å². The molecule has 1 aliphatic heterocycles. The molecular formula is C31H29ClN2O3S. The van der Waals surface area contributed by atoms with Gasteiger partial charge in [-0.3, -0.25) is 4.79 Å². The van der Waals surface area contributed by atoms with Gasteiger partial charge in [-0.15, -0.1) is 0 Å². The van der Waals surface area contributed by atoms with Gasteiger partial charge >= 0.3 is 0 Å². The van der Waals surface area contributed by atoms with Gasteiger partial charge in [0, 0.05) is 5.69 Å². The Bertz CT molecular complexity index is 1490. The molecule has 0 saturated carbocycles. The summed E-state index contributed by atoms with van der Waals surface area (Å²) >= 11 is 8.09. The van der Waals surface area contributed by atoms with Crippen molar-refractivity contribution in [1.82, 2.24) is 5.32 Å². The summed E-state index contributed by atoms with van der Waals surface area (Å²) in [6.45, 7) is 4.85. The summed E-state index contributed by atoms with van der Waals surface area (Å²) in [5.41, 5.74) is 3.77. The van der Waals surface area contributed by atoms with Crippen LogP contribution in [0.2, 0.25) is 5.02 Å². The lowest BCUT2D eigenvalue weighted by molar-refractivity contribution is -0.116. The molecule has 5 nitrogen and oxygen atoms in total. The van der Waals surface area contributed by atoms with Gasteiger partial charge in [-0.2, -0.15) is 0 Å². The largest absolute Gasteiger partial charge is 0.490 e. The number of halogens is 1. The van der Waals surface area contributed by atoms with Crippen molar-refractivity contribution in [2.45, 2.75) is 32.4 Å². The van der Waals surface area contributed by atoms with Gasteiger partial charge in [0.1, 0.15) is 6.61 Å². The van der Waals surface area contributed by atoms with Crippen LogP contribution in [0.1, 0.15) is 30.5 Å². The lowest BCUT2D eigenvalue weighted by Crippen LogP contribution is -2.30. The zero-order valence-electron chi connectivity index (χ0n) is 21.3. The zero-order chi connectivity index (χ0) is 26.5. The average molecular weight is 545 g/mol. The first kappa shape index (κ1) is 26.0. The molecule has 1 heterocycles. The molecule has 0 unspecified atom stereocenters. The third kappa shape index (κ3) is 6.09. The first-order chi connectivity index (χ1) is 18.5. The number of rotatable bonds is 9. The topological polar surface area (TPSA) is 59.6 Å². The van der Waals surface area contributed by atoms with Crippen molar-refractivity contribution >= 4 is 51.8 Å². The van der Waals surface area contributed by atoms with E-state index in [4.69, 9.17) is 21.1 Å². The SMILES string of the molecule is CCOc1cc(/C=C2\S[C@H](Nc3ccc(CC)cc3)NC2=O)cc(Cl)c1OCc1ccc2ccccc2c1. The summed E-state index contributed by atoms with van der Waals surface area (Å²) in [7, 11) is 0. The van der Waals surface area contributed by atoms with Gasteiger partial charge in [0.05, 0.1) is 16.5 Å². The van der Waals surface area contributed by atoms with Crippen molar-refractivity contribution < 1.29 is 14.3 Å². The van der Waals surface area contributed by atoms with Crippen LogP contribution in [-0.4, -0.2) is 18.0 Å². The summed E-state index contributed by atoms with van der Waals surface area (Å²) in [5, 5.41) is 9.10. The van der Waals surface area contributed by atoms with E-state index in [1.54, 1.807) is 6.07 Å². The number of carbonyl (C=O) groups excluding carboxylic acids is 1. The molecule has 38 heavy (non-hydrogen) atoms. The minimum absolute atomic E-state index is 0.136. The maximum Gasteiger partial charge on any atom is 0.260 e. The van der Waals surface area contributed by atoms with Crippen LogP contribution in [0.4, 0.5) is 5.69 Å². The first-order valence-electron chi connectivity index (χ1n) is 12.6. The predicted octanol–water partition coefficient (Wildman–Crippen LogP) is 7.63. The molecule has 0 radical (unpaired) electrons. The van der Waals surface area contributed by atoms with Gasteiger partial charge in [-0.05, 0) is 77.2 Å². The Hall–Kier alpha value is -3.61. The lowest BCUT2D eigenvalue weighted by atomic mass is 10.1. The molecule has 1 aliphatic rings. The van der Waals surface area contributed by atoms with Crippen molar-refractivity contribution in [2.75, 3.05) is 11.9 Å². The second-order valence-corrected chi connectivity index (χ2v) is 10.5. The highest BCUT2D eigenvalue weighted by atomic mass is 35.5. The molecule has 5 rings (SSSR count). The molecule has 1 amide bonds. The van der Waals surface area contributed by atoms with Gasteiger partial charge in [0.15, 0.2) is 17.0 Å². The second-order valence-electron chi connectivity index (χ2n) is 8.91. The molecule has 1 atom stereocenters. The van der Waals surface area contributed by atoms with Gasteiger partial charge < -0.3 is 20.1 Å². The molecule has 194 valence electrons. The minimum Gasteiger partial charge on any atom is -0.490 e. The second kappa shape index (κ2) is 11.8. The smallest absolute Gasteiger partial charge is 0.260 e. The lowest BCUT2D eigenvalue weighted by Gasteiger charge is -2.15. The van der Waals surface area contributed by atoms with E-state index in [0.717, 1.165) is 28.6 Å². The first-order valence-corrected chi connectivity index (χ1v) is 13.9. The Balaban J connectivity index is 1.31. The number of thioether (sulfide) groups is 1. The van der Waals surface area contributed by atoms with Gasteiger partial charge in [-0.25, -0.2) is 0 Å². The monoisotopic (exact) mass is 544 g/mol. The summed E-state index contributed by atoms with van der Waals surface area (Å²) in [6, 6.07) is 26.3. The number of hydrogen-bond donors (Lipinski definition) is 2. The van der Waals surface area contributed by atoms with Crippen LogP contribution < -0.4 is 20.1 Å². The predicted molar refractivity (Wildman–Crippen MR) is 158 cm³/mol. The maximum absolute atomic E-state index is 12.7. The number of nitrogens with one attached hydrogen (secondary N) is 2. The number of aryl methyl sites for hydroxylation is 1. The Morgan fingerprint density at radius 2 is 1.71 bits per heavy atom. The summed E-state index contributed by atoms with van der Waals surface area (Å²) in [4.78, 5) is 13.3. The van der Waals surface area contributed by atoms with Crippen LogP contribution in [0.5, 0.6) is 11.5 Å². The van der Waals surface area contributed by atoms with E-state index in [0.29, 0.717) is 34.6 Å². The Morgan fingerprint density at radius 1 is 0.947 bits per heavy atom. The quantitative estimate of drug-likeness (QED) is 0.212. The van der Waals surface area contributed by atoms with E-state index in [2.05, 4.69) is 54.0 Å². The van der Waals surface area contributed by atoms with Crippen LogP contribution in [0, 0.1) is 0 Å². The van der Waals surface area contributed by atoms with Crippen molar-refractivity contribution in [1.29, 1.82) is 0 Å². The molecular weight excluding hydrogens is 516 g/mol. The molecule has 7 heteroatoms. The van der Waals surface area contributed by atoms with Crippen molar-refractivity contribution in [3.8, 4) is 11.5 Å². The Morgan fingerprint density at radius 3 is 2.47 bits per heavy atom. The molecule has 1 fully saturated rings. The van der Waals surface area contributed by atoms with Crippen LogP contribution in [0.15, 0.2) is 83.8 Å². The molecule has 0 aliphatic carbocycles. The van der Waals surface area contributed by atoms with E-state index >= 15 is 0 Å². The van der Waals surface area contributed by atoms with Gasteiger partial charge in [-0.1, -0.05) is 78.8 Å². The van der Waals surface area contributed by atoms with E-state index in [1.165, 1.54) is 22.7 Å². The van der Waals surface area contributed by atoms with Crippen LogP contribution in [-0.2, 0) is 17.8 Å². The summed E-state index contributed by atoms with van der Waals surface area (Å²) < 4.78 is 12.0. The van der Waals surface area contributed by atoms with Crippen LogP contribution in [0.25, 0.3) is 16.8 Å². The van der Waals surface area contributed by atoms with E-state index in [9.17, 15) is 4.79 Å². The highest BCUT2D eigenvalue weighted by Crippen LogP contribution is 2.39. The molecule has 0 bridgehead atoms.